The minimum absolute atomic E-state index is 0.0833. The summed E-state index contributed by atoms with van der Waals surface area (Å²) >= 11 is 0. The van der Waals surface area contributed by atoms with Crippen molar-refractivity contribution in [3.63, 3.8) is 0 Å². The van der Waals surface area contributed by atoms with Gasteiger partial charge in [-0.15, -0.1) is 0 Å². The number of benzene rings is 2. The zero-order valence-electron chi connectivity index (χ0n) is 18.4. The molecule has 0 unspecified atom stereocenters. The van der Waals surface area contributed by atoms with Gasteiger partial charge in [0.1, 0.15) is 0 Å². The SMILES string of the molecule is COc1cc(-c2ccc(=O)n(Cc3ccc(C(C)(C)C)cc3)n2)cc(OC)c1OC. The Balaban J connectivity index is 1.97. The van der Waals surface area contributed by atoms with Crippen molar-refractivity contribution < 1.29 is 14.2 Å². The molecule has 0 saturated carbocycles. The summed E-state index contributed by atoms with van der Waals surface area (Å²) < 4.78 is 17.7. The first-order chi connectivity index (χ1) is 14.3. The first-order valence-electron chi connectivity index (χ1n) is 9.74. The molecule has 0 bridgehead atoms. The number of nitrogens with zero attached hydrogens (tertiary/aromatic N) is 2. The Morgan fingerprint density at radius 3 is 1.97 bits per heavy atom. The van der Waals surface area contributed by atoms with Gasteiger partial charge in [0.05, 0.1) is 33.6 Å². The van der Waals surface area contributed by atoms with Crippen molar-refractivity contribution in [2.45, 2.75) is 32.7 Å². The summed E-state index contributed by atoms with van der Waals surface area (Å²) in [4.78, 5) is 12.4. The molecule has 0 N–H and O–H groups in total. The van der Waals surface area contributed by atoms with Crippen LogP contribution < -0.4 is 19.8 Å². The number of ether oxygens (including phenoxy) is 3. The smallest absolute Gasteiger partial charge is 0.267 e. The Morgan fingerprint density at radius 2 is 1.47 bits per heavy atom. The third-order valence-electron chi connectivity index (χ3n) is 4.98. The maximum atomic E-state index is 12.4. The molecule has 3 rings (SSSR count). The minimum atomic E-state index is -0.161. The third-order valence-corrected chi connectivity index (χ3v) is 4.98. The third kappa shape index (κ3) is 4.48. The van der Waals surface area contributed by atoms with Crippen LogP contribution in [0.4, 0.5) is 0 Å². The van der Waals surface area contributed by atoms with Gasteiger partial charge in [0.2, 0.25) is 5.75 Å². The summed E-state index contributed by atoms with van der Waals surface area (Å²) in [7, 11) is 4.69. The van der Waals surface area contributed by atoms with Crippen LogP contribution in [-0.2, 0) is 12.0 Å². The van der Waals surface area contributed by atoms with Crippen LogP contribution in [0.2, 0.25) is 0 Å². The molecule has 6 nitrogen and oxygen atoms in total. The van der Waals surface area contributed by atoms with Gasteiger partial charge in [-0.3, -0.25) is 4.79 Å². The Hall–Kier alpha value is -3.28. The highest BCUT2D eigenvalue weighted by atomic mass is 16.5. The van der Waals surface area contributed by atoms with Crippen LogP contribution >= 0.6 is 0 Å². The Kier molecular flexibility index (Phi) is 6.15. The Morgan fingerprint density at radius 1 is 0.867 bits per heavy atom. The van der Waals surface area contributed by atoms with E-state index in [1.165, 1.54) is 16.3 Å². The lowest BCUT2D eigenvalue weighted by atomic mass is 9.87. The van der Waals surface area contributed by atoms with E-state index < -0.39 is 0 Å². The topological polar surface area (TPSA) is 62.6 Å². The monoisotopic (exact) mass is 408 g/mol. The molecule has 6 heteroatoms. The highest BCUT2D eigenvalue weighted by Gasteiger charge is 2.16. The molecule has 0 spiro atoms. The number of rotatable bonds is 6. The van der Waals surface area contributed by atoms with Crippen molar-refractivity contribution in [1.82, 2.24) is 9.78 Å². The normalized spacial score (nSPS) is 11.3. The second-order valence-electron chi connectivity index (χ2n) is 8.08. The standard InChI is InChI=1S/C24H28N2O4/c1-24(2,3)18-9-7-16(8-10-18)15-26-22(27)12-11-19(25-26)17-13-20(28-4)23(30-6)21(14-17)29-5/h7-14H,15H2,1-6H3. The molecular weight excluding hydrogens is 380 g/mol. The lowest BCUT2D eigenvalue weighted by Gasteiger charge is -2.19. The van der Waals surface area contributed by atoms with E-state index in [0.717, 1.165) is 11.1 Å². The van der Waals surface area contributed by atoms with E-state index >= 15 is 0 Å². The molecule has 0 aliphatic rings. The number of hydrogen-bond donors (Lipinski definition) is 0. The lowest BCUT2D eigenvalue weighted by molar-refractivity contribution is 0.324. The molecular formula is C24H28N2O4. The van der Waals surface area contributed by atoms with Crippen LogP contribution in [0.3, 0.4) is 0 Å². The van der Waals surface area contributed by atoms with E-state index in [0.29, 0.717) is 29.5 Å². The Bertz CT molecular complexity index is 1050. The summed E-state index contributed by atoms with van der Waals surface area (Å²) in [5.74, 6) is 1.57. The molecule has 1 heterocycles. The quantitative estimate of drug-likeness (QED) is 0.609. The fourth-order valence-corrected chi connectivity index (χ4v) is 3.23. The molecule has 0 amide bonds. The molecule has 30 heavy (non-hydrogen) atoms. The largest absolute Gasteiger partial charge is 0.493 e. The van der Waals surface area contributed by atoms with Crippen molar-refractivity contribution in [2.24, 2.45) is 0 Å². The van der Waals surface area contributed by atoms with Gasteiger partial charge in [0.25, 0.3) is 5.56 Å². The highest BCUT2D eigenvalue weighted by Crippen LogP contribution is 2.40. The first kappa shape index (κ1) is 21.4. The molecule has 0 aliphatic heterocycles. The molecule has 0 radical (unpaired) electrons. The predicted octanol–water partition coefficient (Wildman–Crippen LogP) is 4.28. The average Bonchev–Trinajstić information content (AvgIpc) is 2.73. The van der Waals surface area contributed by atoms with Gasteiger partial charge in [-0.2, -0.15) is 5.10 Å². The number of methoxy groups -OCH3 is 3. The number of hydrogen-bond acceptors (Lipinski definition) is 5. The Labute approximate surface area is 177 Å². The van der Waals surface area contributed by atoms with Crippen LogP contribution in [0, 0.1) is 0 Å². The van der Waals surface area contributed by atoms with Crippen LogP contribution in [-0.4, -0.2) is 31.1 Å². The highest BCUT2D eigenvalue weighted by molar-refractivity contribution is 5.68. The van der Waals surface area contributed by atoms with E-state index in [1.807, 2.05) is 24.3 Å². The fourth-order valence-electron chi connectivity index (χ4n) is 3.23. The van der Waals surface area contributed by atoms with Crippen LogP contribution in [0.25, 0.3) is 11.3 Å². The van der Waals surface area contributed by atoms with Gasteiger partial charge in [0, 0.05) is 11.6 Å². The van der Waals surface area contributed by atoms with Crippen molar-refractivity contribution in [3.05, 3.63) is 70.0 Å². The van der Waals surface area contributed by atoms with Gasteiger partial charge < -0.3 is 14.2 Å². The van der Waals surface area contributed by atoms with E-state index in [2.05, 4.69) is 38.0 Å². The van der Waals surface area contributed by atoms with Gasteiger partial charge >= 0.3 is 0 Å². The molecule has 2 aromatic carbocycles. The van der Waals surface area contributed by atoms with E-state index in [-0.39, 0.29) is 11.0 Å². The van der Waals surface area contributed by atoms with Crippen molar-refractivity contribution in [1.29, 1.82) is 0 Å². The van der Waals surface area contributed by atoms with Crippen molar-refractivity contribution in [3.8, 4) is 28.5 Å². The fraction of sp³-hybridized carbons (Fsp3) is 0.333. The van der Waals surface area contributed by atoms with Crippen LogP contribution in [0.5, 0.6) is 17.2 Å². The lowest BCUT2D eigenvalue weighted by Crippen LogP contribution is -2.23. The maximum Gasteiger partial charge on any atom is 0.267 e. The van der Waals surface area contributed by atoms with Crippen LogP contribution in [0.15, 0.2) is 53.3 Å². The molecule has 1 aromatic heterocycles. The van der Waals surface area contributed by atoms with E-state index in [4.69, 9.17) is 14.2 Å². The second-order valence-corrected chi connectivity index (χ2v) is 8.08. The number of aromatic nitrogens is 2. The van der Waals surface area contributed by atoms with Crippen LogP contribution in [0.1, 0.15) is 31.9 Å². The first-order valence-corrected chi connectivity index (χ1v) is 9.74. The molecule has 3 aromatic rings. The van der Waals surface area contributed by atoms with E-state index in [9.17, 15) is 4.79 Å². The summed E-state index contributed by atoms with van der Waals surface area (Å²) in [6.45, 7) is 6.92. The van der Waals surface area contributed by atoms with Gasteiger partial charge in [-0.1, -0.05) is 45.0 Å². The maximum absolute atomic E-state index is 12.4. The molecule has 0 saturated heterocycles. The molecule has 0 fully saturated rings. The summed E-state index contributed by atoms with van der Waals surface area (Å²) in [6, 6.07) is 15.1. The predicted molar refractivity (Wildman–Crippen MR) is 118 cm³/mol. The average molecular weight is 408 g/mol. The molecule has 158 valence electrons. The molecule has 0 atom stereocenters. The van der Waals surface area contributed by atoms with Crippen molar-refractivity contribution >= 4 is 0 Å². The minimum Gasteiger partial charge on any atom is -0.493 e. The van der Waals surface area contributed by atoms with Crippen molar-refractivity contribution in [2.75, 3.05) is 21.3 Å². The summed E-state index contributed by atoms with van der Waals surface area (Å²) in [5, 5.41) is 4.57. The summed E-state index contributed by atoms with van der Waals surface area (Å²) in [5.41, 5.74) is 3.59. The summed E-state index contributed by atoms with van der Waals surface area (Å²) in [6.07, 6.45) is 0. The zero-order valence-corrected chi connectivity index (χ0v) is 18.4. The molecule has 0 aliphatic carbocycles. The zero-order chi connectivity index (χ0) is 21.9. The van der Waals surface area contributed by atoms with Gasteiger partial charge in [0.15, 0.2) is 11.5 Å². The van der Waals surface area contributed by atoms with Gasteiger partial charge in [-0.25, -0.2) is 4.68 Å². The van der Waals surface area contributed by atoms with E-state index in [1.54, 1.807) is 27.4 Å². The second kappa shape index (κ2) is 8.61. The van der Waals surface area contributed by atoms with Gasteiger partial charge in [-0.05, 0) is 34.7 Å².